The van der Waals surface area contributed by atoms with Gasteiger partial charge in [0.05, 0.1) is 16.3 Å². The number of thiazole rings is 1. The number of anilines is 2. The minimum atomic E-state index is -0.400. The van der Waals surface area contributed by atoms with Gasteiger partial charge in [-0.1, -0.05) is 23.5 Å². The molecule has 1 fully saturated rings. The molecule has 1 aromatic heterocycles. The molecule has 1 aliphatic heterocycles. The first kappa shape index (κ1) is 16.5. The van der Waals surface area contributed by atoms with Crippen LogP contribution in [-0.2, 0) is 4.79 Å². The highest BCUT2D eigenvalue weighted by Gasteiger charge is 2.31. The highest BCUT2D eigenvalue weighted by molar-refractivity contribution is 7.22. The van der Waals surface area contributed by atoms with E-state index < -0.39 is 6.03 Å². The zero-order valence-corrected chi connectivity index (χ0v) is 14.4. The van der Waals surface area contributed by atoms with Crippen molar-refractivity contribution in [3.05, 3.63) is 54.3 Å². The van der Waals surface area contributed by atoms with Gasteiger partial charge in [-0.25, -0.2) is 14.2 Å². The second kappa shape index (κ2) is 6.72. The van der Waals surface area contributed by atoms with Gasteiger partial charge in [0, 0.05) is 18.7 Å². The third-order valence-corrected chi connectivity index (χ3v) is 5.06. The van der Waals surface area contributed by atoms with Crippen LogP contribution in [-0.4, -0.2) is 29.5 Å². The maximum absolute atomic E-state index is 13.0. The van der Waals surface area contributed by atoms with Crippen molar-refractivity contribution in [1.82, 2.24) is 10.3 Å². The number of para-hydroxylation sites is 1. The van der Waals surface area contributed by atoms with E-state index >= 15 is 0 Å². The first-order chi connectivity index (χ1) is 12.6. The van der Waals surface area contributed by atoms with Gasteiger partial charge in [0.2, 0.25) is 5.91 Å². The predicted octanol–water partition coefficient (Wildman–Crippen LogP) is 3.36. The Morgan fingerprint density at radius 3 is 2.73 bits per heavy atom. The molecule has 0 aliphatic carbocycles. The number of hydrogen-bond acceptors (Lipinski definition) is 4. The quantitative estimate of drug-likeness (QED) is 0.742. The van der Waals surface area contributed by atoms with E-state index in [1.807, 2.05) is 24.3 Å². The van der Waals surface area contributed by atoms with Gasteiger partial charge in [-0.2, -0.15) is 0 Å². The van der Waals surface area contributed by atoms with Gasteiger partial charge in [-0.05, 0) is 36.4 Å². The summed E-state index contributed by atoms with van der Waals surface area (Å²) >= 11 is 1.39. The summed E-state index contributed by atoms with van der Waals surface area (Å²) in [6.45, 7) is 0.345. The number of rotatable bonds is 3. The molecule has 1 saturated heterocycles. The van der Waals surface area contributed by atoms with Crippen molar-refractivity contribution in [1.29, 1.82) is 0 Å². The fraction of sp³-hybridized carbons (Fsp3) is 0.167. The molecule has 0 radical (unpaired) electrons. The number of fused-ring (bicyclic) bond motifs is 1. The Hall–Kier alpha value is -3.00. The van der Waals surface area contributed by atoms with Crippen LogP contribution >= 0.6 is 11.3 Å². The molecule has 0 spiro atoms. The lowest BCUT2D eigenvalue weighted by Crippen LogP contribution is -2.39. The number of carbonyl (C=O) groups is 2. The van der Waals surface area contributed by atoms with E-state index in [-0.39, 0.29) is 24.2 Å². The SMILES string of the molecule is O=C(Nc1nc2ccccc2s1)N[C@@H]1CC(=O)N(c2ccc(F)cc2)C1. The lowest BCUT2D eigenvalue weighted by Gasteiger charge is -2.17. The maximum Gasteiger partial charge on any atom is 0.321 e. The van der Waals surface area contributed by atoms with Crippen LogP contribution in [0.2, 0.25) is 0 Å². The van der Waals surface area contributed by atoms with Gasteiger partial charge in [0.1, 0.15) is 5.82 Å². The van der Waals surface area contributed by atoms with Crippen LogP contribution in [0.1, 0.15) is 6.42 Å². The Morgan fingerprint density at radius 2 is 1.96 bits per heavy atom. The van der Waals surface area contributed by atoms with Crippen LogP contribution in [0.4, 0.5) is 20.0 Å². The van der Waals surface area contributed by atoms with Crippen molar-refractivity contribution in [2.75, 3.05) is 16.8 Å². The zero-order valence-electron chi connectivity index (χ0n) is 13.6. The number of nitrogens with zero attached hydrogens (tertiary/aromatic N) is 2. The van der Waals surface area contributed by atoms with E-state index in [4.69, 9.17) is 0 Å². The van der Waals surface area contributed by atoms with Crippen LogP contribution in [0.5, 0.6) is 0 Å². The van der Waals surface area contributed by atoms with Gasteiger partial charge in [0.25, 0.3) is 0 Å². The summed E-state index contributed by atoms with van der Waals surface area (Å²) in [5.41, 5.74) is 1.44. The third-order valence-electron chi connectivity index (χ3n) is 4.11. The molecule has 1 atom stereocenters. The van der Waals surface area contributed by atoms with Crippen molar-refractivity contribution >= 4 is 44.3 Å². The average Bonchev–Trinajstić information content (AvgIpc) is 3.18. The van der Waals surface area contributed by atoms with E-state index in [0.29, 0.717) is 17.4 Å². The van der Waals surface area contributed by atoms with Crippen molar-refractivity contribution in [3.8, 4) is 0 Å². The molecule has 3 amide bonds. The molecule has 6 nitrogen and oxygen atoms in total. The van der Waals surface area contributed by atoms with E-state index in [1.165, 1.54) is 23.5 Å². The fourth-order valence-electron chi connectivity index (χ4n) is 2.92. The molecular weight excluding hydrogens is 355 g/mol. The van der Waals surface area contributed by atoms with Crippen LogP contribution in [0.15, 0.2) is 48.5 Å². The summed E-state index contributed by atoms with van der Waals surface area (Å²) in [5.74, 6) is -0.466. The number of halogens is 1. The molecule has 3 aromatic rings. The average molecular weight is 370 g/mol. The molecule has 132 valence electrons. The minimum absolute atomic E-state index is 0.109. The first-order valence-corrected chi connectivity index (χ1v) is 8.89. The number of urea groups is 1. The summed E-state index contributed by atoms with van der Waals surface area (Å²) < 4.78 is 14.0. The third kappa shape index (κ3) is 3.36. The van der Waals surface area contributed by atoms with Crippen molar-refractivity contribution in [2.24, 2.45) is 0 Å². The Morgan fingerprint density at radius 1 is 1.19 bits per heavy atom. The Kier molecular flexibility index (Phi) is 4.26. The van der Waals surface area contributed by atoms with Gasteiger partial charge in [-0.15, -0.1) is 0 Å². The van der Waals surface area contributed by atoms with Gasteiger partial charge in [0.15, 0.2) is 5.13 Å². The largest absolute Gasteiger partial charge is 0.333 e. The number of nitrogens with one attached hydrogen (secondary N) is 2. The lowest BCUT2D eigenvalue weighted by atomic mass is 10.2. The van der Waals surface area contributed by atoms with Crippen LogP contribution in [0.25, 0.3) is 10.2 Å². The van der Waals surface area contributed by atoms with E-state index in [1.54, 1.807) is 17.0 Å². The monoisotopic (exact) mass is 370 g/mol. The second-order valence-electron chi connectivity index (χ2n) is 5.97. The molecule has 0 unspecified atom stereocenters. The van der Waals surface area contributed by atoms with E-state index in [2.05, 4.69) is 15.6 Å². The molecule has 0 saturated carbocycles. The van der Waals surface area contributed by atoms with Crippen molar-refractivity contribution < 1.29 is 14.0 Å². The summed E-state index contributed by atoms with van der Waals surface area (Å²) in [5, 5.41) is 6.01. The van der Waals surface area contributed by atoms with Crippen LogP contribution < -0.4 is 15.5 Å². The highest BCUT2D eigenvalue weighted by atomic mass is 32.1. The van der Waals surface area contributed by atoms with Gasteiger partial charge < -0.3 is 10.2 Å². The zero-order chi connectivity index (χ0) is 18.1. The van der Waals surface area contributed by atoms with Gasteiger partial charge >= 0.3 is 6.03 Å². The summed E-state index contributed by atoms with van der Waals surface area (Å²) in [7, 11) is 0. The van der Waals surface area contributed by atoms with E-state index in [9.17, 15) is 14.0 Å². The Labute approximate surface area is 152 Å². The summed E-state index contributed by atoms with van der Waals surface area (Å²) in [6.07, 6.45) is 0.199. The highest BCUT2D eigenvalue weighted by Crippen LogP contribution is 2.25. The summed E-state index contributed by atoms with van der Waals surface area (Å²) in [4.78, 5) is 30.3. The van der Waals surface area contributed by atoms with E-state index in [0.717, 1.165) is 10.2 Å². The number of aromatic nitrogens is 1. The van der Waals surface area contributed by atoms with Crippen molar-refractivity contribution in [3.63, 3.8) is 0 Å². The maximum atomic E-state index is 13.0. The Balaban J connectivity index is 1.38. The number of benzene rings is 2. The molecule has 8 heteroatoms. The molecule has 2 heterocycles. The molecule has 2 N–H and O–H groups in total. The standard InChI is InChI=1S/C18H15FN4O2S/c19-11-5-7-13(8-6-11)23-10-12(9-16(23)24)20-17(25)22-18-21-14-3-1-2-4-15(14)26-18/h1-8,12H,9-10H2,(H2,20,21,22,25)/t12-/m1/s1. The molecule has 0 bridgehead atoms. The molecule has 26 heavy (non-hydrogen) atoms. The molecule has 4 rings (SSSR count). The fourth-order valence-corrected chi connectivity index (χ4v) is 3.78. The molecular formula is C18H15FN4O2S. The predicted molar refractivity (Wildman–Crippen MR) is 98.9 cm³/mol. The molecule has 2 aromatic carbocycles. The minimum Gasteiger partial charge on any atom is -0.333 e. The lowest BCUT2D eigenvalue weighted by molar-refractivity contribution is -0.117. The topological polar surface area (TPSA) is 74.3 Å². The Bertz CT molecular complexity index is 940. The van der Waals surface area contributed by atoms with Crippen LogP contribution in [0.3, 0.4) is 0 Å². The van der Waals surface area contributed by atoms with Crippen LogP contribution in [0, 0.1) is 5.82 Å². The number of amides is 3. The number of carbonyl (C=O) groups excluding carboxylic acids is 2. The van der Waals surface area contributed by atoms with Gasteiger partial charge in [-0.3, -0.25) is 10.1 Å². The van der Waals surface area contributed by atoms with Crippen molar-refractivity contribution in [2.45, 2.75) is 12.5 Å². The smallest absolute Gasteiger partial charge is 0.321 e. The summed E-state index contributed by atoms with van der Waals surface area (Å²) in [6, 6.07) is 12.6. The molecule has 1 aliphatic rings. The number of hydrogen-bond donors (Lipinski definition) is 2. The second-order valence-corrected chi connectivity index (χ2v) is 7.00. The normalized spacial score (nSPS) is 16.9. The first-order valence-electron chi connectivity index (χ1n) is 8.07.